The van der Waals surface area contributed by atoms with E-state index in [1.54, 1.807) is 0 Å². The lowest BCUT2D eigenvalue weighted by atomic mass is 9.88. The number of H-pyrrole nitrogens is 1. The molecule has 4 aliphatic heterocycles. The molecule has 7 nitrogen and oxygen atoms in total. The Morgan fingerprint density at radius 3 is 2.83 bits per heavy atom. The lowest BCUT2D eigenvalue weighted by Crippen LogP contribution is -2.46. The highest BCUT2D eigenvalue weighted by atomic mass is 16.5. The molecule has 6 heterocycles. The molecule has 0 spiro atoms. The van der Waals surface area contributed by atoms with Gasteiger partial charge >= 0.3 is 0 Å². The number of hydrogen-bond donors (Lipinski definition) is 2. The van der Waals surface area contributed by atoms with Gasteiger partial charge in [-0.05, 0) is 73.0 Å². The van der Waals surface area contributed by atoms with E-state index in [0.717, 1.165) is 86.8 Å². The quantitative estimate of drug-likeness (QED) is 0.610. The first kappa shape index (κ1) is 21.5. The number of amides is 1. The Kier molecular flexibility index (Phi) is 5.37. The van der Waals surface area contributed by atoms with Gasteiger partial charge in [-0.3, -0.25) is 9.69 Å². The van der Waals surface area contributed by atoms with Gasteiger partial charge in [0.15, 0.2) is 0 Å². The first-order chi connectivity index (χ1) is 17.2. The fourth-order valence-electron chi connectivity index (χ4n) is 6.72. The van der Waals surface area contributed by atoms with Crippen LogP contribution in [0.3, 0.4) is 0 Å². The van der Waals surface area contributed by atoms with Crippen molar-refractivity contribution < 1.29 is 9.53 Å². The standard InChI is InChI=1S/C28H33N5O2/c34-28-25-4-3-20(9-21(25)15-33(28)23-2-1-6-29-11-23)26-10-22(24-5-7-30-27(24)31-26)14-32-12-18-8-19(13-32)17-35-16-18/h3-5,7,9-10,18-19,23,29H,1-2,6,8,11-17H2,(H,30,31). The second-order valence-electron chi connectivity index (χ2n) is 10.9. The van der Waals surface area contributed by atoms with Crippen molar-refractivity contribution in [3.63, 3.8) is 0 Å². The van der Waals surface area contributed by atoms with Crippen molar-refractivity contribution in [2.24, 2.45) is 11.8 Å². The molecule has 3 saturated heterocycles. The van der Waals surface area contributed by atoms with Gasteiger partial charge in [0, 0.05) is 61.5 Å². The highest BCUT2D eigenvalue weighted by Gasteiger charge is 2.34. The Morgan fingerprint density at radius 1 is 1.11 bits per heavy atom. The van der Waals surface area contributed by atoms with Gasteiger partial charge in [-0.2, -0.15) is 0 Å². The van der Waals surface area contributed by atoms with Gasteiger partial charge in [-0.15, -0.1) is 0 Å². The summed E-state index contributed by atoms with van der Waals surface area (Å²) in [5.41, 5.74) is 6.29. The van der Waals surface area contributed by atoms with Crippen molar-refractivity contribution in [2.75, 3.05) is 39.4 Å². The number of carbonyl (C=O) groups excluding carboxylic acids is 1. The number of nitrogens with one attached hydrogen (secondary N) is 2. The predicted molar refractivity (Wildman–Crippen MR) is 135 cm³/mol. The van der Waals surface area contributed by atoms with Crippen LogP contribution in [0.5, 0.6) is 0 Å². The molecule has 7 heteroatoms. The summed E-state index contributed by atoms with van der Waals surface area (Å²) in [6, 6.07) is 11.0. The molecule has 3 atom stereocenters. The van der Waals surface area contributed by atoms with Gasteiger partial charge in [-0.1, -0.05) is 6.07 Å². The normalized spacial score (nSPS) is 26.9. The molecule has 182 valence electrons. The number of aromatic amines is 1. The number of likely N-dealkylation sites (tertiary alicyclic amines) is 1. The van der Waals surface area contributed by atoms with Crippen molar-refractivity contribution in [3.8, 4) is 11.3 Å². The van der Waals surface area contributed by atoms with Gasteiger partial charge in [0.2, 0.25) is 0 Å². The average molecular weight is 472 g/mol. The van der Waals surface area contributed by atoms with Crippen molar-refractivity contribution in [2.45, 2.75) is 38.4 Å². The van der Waals surface area contributed by atoms with Crippen LogP contribution in [0.1, 0.15) is 40.7 Å². The molecule has 1 aromatic carbocycles. The maximum absolute atomic E-state index is 13.1. The number of fused-ring (bicyclic) bond motifs is 4. The van der Waals surface area contributed by atoms with Gasteiger partial charge in [0.1, 0.15) is 5.65 Å². The Hall–Kier alpha value is -2.74. The molecule has 2 aromatic heterocycles. The SMILES string of the molecule is O=C1c2ccc(-c3cc(CN4CC5COCC(C5)C4)c4cc[nH]c4n3)cc2CN1C1CCCNC1. The maximum Gasteiger partial charge on any atom is 0.254 e. The van der Waals surface area contributed by atoms with E-state index in [1.807, 2.05) is 12.3 Å². The van der Waals surface area contributed by atoms with Crippen LogP contribution < -0.4 is 5.32 Å². The van der Waals surface area contributed by atoms with Crippen molar-refractivity contribution >= 4 is 16.9 Å². The smallest absolute Gasteiger partial charge is 0.254 e. The highest BCUT2D eigenvalue weighted by Crippen LogP contribution is 2.33. The Balaban J connectivity index is 1.18. The average Bonchev–Trinajstić information content (AvgIpc) is 3.49. The molecular weight excluding hydrogens is 438 g/mol. The summed E-state index contributed by atoms with van der Waals surface area (Å²) in [6.45, 7) is 7.59. The van der Waals surface area contributed by atoms with E-state index < -0.39 is 0 Å². The molecule has 35 heavy (non-hydrogen) atoms. The Labute approximate surface area is 205 Å². The minimum atomic E-state index is 0.174. The van der Waals surface area contributed by atoms with E-state index in [-0.39, 0.29) is 5.91 Å². The summed E-state index contributed by atoms with van der Waals surface area (Å²) in [4.78, 5) is 26.1. The summed E-state index contributed by atoms with van der Waals surface area (Å²) in [5.74, 6) is 1.48. The van der Waals surface area contributed by atoms with Crippen molar-refractivity contribution in [3.05, 3.63) is 53.2 Å². The minimum absolute atomic E-state index is 0.174. The molecule has 3 unspecified atom stereocenters. The molecule has 7 rings (SSSR count). The number of hydrogen-bond acceptors (Lipinski definition) is 5. The van der Waals surface area contributed by atoms with Gasteiger partial charge in [0.05, 0.1) is 18.9 Å². The molecule has 0 saturated carbocycles. The molecule has 4 aliphatic rings. The van der Waals surface area contributed by atoms with Gasteiger partial charge in [-0.25, -0.2) is 4.98 Å². The second-order valence-corrected chi connectivity index (χ2v) is 10.9. The molecule has 2 N–H and O–H groups in total. The zero-order valence-corrected chi connectivity index (χ0v) is 20.1. The summed E-state index contributed by atoms with van der Waals surface area (Å²) >= 11 is 0. The molecule has 1 amide bonds. The third-order valence-electron chi connectivity index (χ3n) is 8.36. The maximum atomic E-state index is 13.1. The van der Waals surface area contributed by atoms with E-state index >= 15 is 0 Å². The van der Waals surface area contributed by atoms with E-state index in [9.17, 15) is 4.79 Å². The number of nitrogens with zero attached hydrogens (tertiary/aromatic N) is 3. The molecular formula is C28H33N5O2. The molecule has 0 aliphatic carbocycles. The first-order valence-electron chi connectivity index (χ1n) is 13.1. The number of aromatic nitrogens is 2. The van der Waals surface area contributed by atoms with Crippen molar-refractivity contribution in [1.82, 2.24) is 25.1 Å². The number of carbonyl (C=O) groups is 1. The van der Waals surface area contributed by atoms with Crippen LogP contribution >= 0.6 is 0 Å². The summed E-state index contributed by atoms with van der Waals surface area (Å²) in [5, 5.41) is 4.65. The van der Waals surface area contributed by atoms with Gasteiger partial charge in [0.25, 0.3) is 5.91 Å². The zero-order valence-electron chi connectivity index (χ0n) is 20.1. The lowest BCUT2D eigenvalue weighted by molar-refractivity contribution is -0.0424. The van der Waals surface area contributed by atoms with E-state index in [2.05, 4.69) is 44.4 Å². The van der Waals surface area contributed by atoms with Crippen LogP contribution in [0.25, 0.3) is 22.3 Å². The van der Waals surface area contributed by atoms with E-state index in [0.29, 0.717) is 24.4 Å². The fourth-order valence-corrected chi connectivity index (χ4v) is 6.72. The number of ether oxygens (including phenoxy) is 1. The topological polar surface area (TPSA) is 73.5 Å². The fraction of sp³-hybridized carbons (Fsp3) is 0.500. The van der Waals surface area contributed by atoms with Crippen LogP contribution in [-0.4, -0.2) is 71.1 Å². The van der Waals surface area contributed by atoms with Crippen LogP contribution in [0.15, 0.2) is 36.5 Å². The van der Waals surface area contributed by atoms with Crippen LogP contribution in [0.4, 0.5) is 0 Å². The third-order valence-corrected chi connectivity index (χ3v) is 8.36. The van der Waals surface area contributed by atoms with Crippen LogP contribution in [-0.2, 0) is 17.8 Å². The van der Waals surface area contributed by atoms with E-state index in [1.165, 1.54) is 17.4 Å². The molecule has 0 radical (unpaired) electrons. The molecule has 2 bridgehead atoms. The molecule has 3 fully saturated rings. The Morgan fingerprint density at radius 2 is 2.00 bits per heavy atom. The summed E-state index contributed by atoms with van der Waals surface area (Å²) in [6.07, 6.45) is 5.50. The first-order valence-corrected chi connectivity index (χ1v) is 13.1. The number of piperidine rings is 2. The third kappa shape index (κ3) is 3.96. The van der Waals surface area contributed by atoms with E-state index in [4.69, 9.17) is 9.72 Å². The number of benzene rings is 1. The zero-order chi connectivity index (χ0) is 23.4. The second kappa shape index (κ2) is 8.73. The number of rotatable bonds is 4. The van der Waals surface area contributed by atoms with Crippen LogP contribution in [0, 0.1) is 11.8 Å². The molecule has 3 aromatic rings. The largest absolute Gasteiger partial charge is 0.381 e. The minimum Gasteiger partial charge on any atom is -0.381 e. The lowest BCUT2D eigenvalue weighted by Gasteiger charge is -2.41. The van der Waals surface area contributed by atoms with Crippen LogP contribution in [0.2, 0.25) is 0 Å². The van der Waals surface area contributed by atoms with Crippen molar-refractivity contribution in [1.29, 1.82) is 0 Å². The summed E-state index contributed by atoms with van der Waals surface area (Å²) < 4.78 is 5.79. The summed E-state index contributed by atoms with van der Waals surface area (Å²) in [7, 11) is 0. The number of pyridine rings is 1. The highest BCUT2D eigenvalue weighted by molar-refractivity contribution is 5.99. The monoisotopic (exact) mass is 471 g/mol. The van der Waals surface area contributed by atoms with Gasteiger partial charge < -0.3 is 19.9 Å². The predicted octanol–water partition coefficient (Wildman–Crippen LogP) is 3.41. The Bertz CT molecular complexity index is 1250.